The van der Waals surface area contributed by atoms with Gasteiger partial charge in [-0.15, -0.1) is 0 Å². The van der Waals surface area contributed by atoms with Crippen LogP contribution in [0.25, 0.3) is 0 Å². The molecule has 1 atom stereocenters. The van der Waals surface area contributed by atoms with Gasteiger partial charge in [0.1, 0.15) is 0 Å². The molecule has 0 amide bonds. The summed E-state index contributed by atoms with van der Waals surface area (Å²) < 4.78 is 5.37. The first-order valence-electron chi connectivity index (χ1n) is 4.65. The molecule has 2 rings (SSSR count). The summed E-state index contributed by atoms with van der Waals surface area (Å²) in [6, 6.07) is 0.517. The van der Waals surface area contributed by atoms with Crippen LogP contribution >= 0.6 is 0 Å². The minimum absolute atomic E-state index is 0.517. The molecule has 0 aromatic carbocycles. The Morgan fingerprint density at radius 2 is 2.69 bits per heavy atom. The molecule has 2 heterocycles. The molecule has 72 valence electrons. The van der Waals surface area contributed by atoms with Crippen molar-refractivity contribution in [3.63, 3.8) is 0 Å². The number of nitrogens with one attached hydrogen (secondary N) is 1. The van der Waals surface area contributed by atoms with E-state index in [0.29, 0.717) is 6.04 Å². The van der Waals surface area contributed by atoms with E-state index >= 15 is 0 Å². The molecule has 4 nitrogen and oxygen atoms in total. The fraction of sp³-hybridized carbons (Fsp3) is 0.667. The van der Waals surface area contributed by atoms with Crippen molar-refractivity contribution in [1.82, 2.24) is 15.1 Å². The number of rotatable bonds is 2. The van der Waals surface area contributed by atoms with Crippen molar-refractivity contribution in [2.24, 2.45) is 0 Å². The van der Waals surface area contributed by atoms with Gasteiger partial charge in [-0.25, -0.2) is 0 Å². The zero-order chi connectivity index (χ0) is 9.10. The minimum Gasteiger partial charge on any atom is -0.379 e. The van der Waals surface area contributed by atoms with Crippen molar-refractivity contribution in [3.05, 3.63) is 18.0 Å². The van der Waals surface area contributed by atoms with Crippen LogP contribution in [0, 0.1) is 0 Å². The quantitative estimate of drug-likeness (QED) is 0.727. The molecule has 0 unspecified atom stereocenters. The van der Waals surface area contributed by atoms with Crippen molar-refractivity contribution >= 4 is 0 Å². The van der Waals surface area contributed by atoms with Gasteiger partial charge in [0, 0.05) is 30.9 Å². The molecule has 4 heteroatoms. The molecule has 1 N–H and O–H groups in total. The maximum atomic E-state index is 5.37. The summed E-state index contributed by atoms with van der Waals surface area (Å²) >= 11 is 0. The Kier molecular flexibility index (Phi) is 2.61. The van der Waals surface area contributed by atoms with Crippen molar-refractivity contribution < 1.29 is 4.74 Å². The molecule has 1 aromatic rings. The van der Waals surface area contributed by atoms with Crippen LogP contribution in [0.4, 0.5) is 0 Å². The van der Waals surface area contributed by atoms with E-state index in [1.165, 1.54) is 5.56 Å². The molecular weight excluding hydrogens is 166 g/mol. The molecule has 0 radical (unpaired) electrons. The second kappa shape index (κ2) is 3.89. The summed E-state index contributed by atoms with van der Waals surface area (Å²) in [5, 5.41) is 6.76. The molecule has 0 saturated carbocycles. The Balaban J connectivity index is 1.93. The number of H-pyrrole nitrogens is 1. The third-order valence-electron chi connectivity index (χ3n) is 2.45. The van der Waals surface area contributed by atoms with Gasteiger partial charge in [-0.05, 0) is 6.92 Å². The van der Waals surface area contributed by atoms with E-state index in [2.05, 4.69) is 22.0 Å². The van der Waals surface area contributed by atoms with Gasteiger partial charge in [-0.1, -0.05) is 0 Å². The van der Waals surface area contributed by atoms with E-state index < -0.39 is 0 Å². The third-order valence-corrected chi connectivity index (χ3v) is 2.45. The predicted molar refractivity (Wildman–Crippen MR) is 49.3 cm³/mol. The van der Waals surface area contributed by atoms with Crippen LogP contribution in [0.15, 0.2) is 12.4 Å². The Bertz CT molecular complexity index is 247. The van der Waals surface area contributed by atoms with Crippen LogP contribution in [0.3, 0.4) is 0 Å². The van der Waals surface area contributed by atoms with Gasteiger partial charge in [-0.3, -0.25) is 10.00 Å². The molecule has 1 aromatic heterocycles. The lowest BCUT2D eigenvalue weighted by atomic mass is 10.2. The van der Waals surface area contributed by atoms with E-state index in [4.69, 9.17) is 4.74 Å². The van der Waals surface area contributed by atoms with Gasteiger partial charge in [0.05, 0.1) is 19.4 Å². The zero-order valence-electron chi connectivity index (χ0n) is 7.86. The van der Waals surface area contributed by atoms with Crippen molar-refractivity contribution in [3.8, 4) is 0 Å². The monoisotopic (exact) mass is 181 g/mol. The Morgan fingerprint density at radius 3 is 3.38 bits per heavy atom. The summed E-state index contributed by atoms with van der Waals surface area (Å²) in [7, 11) is 0. The maximum Gasteiger partial charge on any atom is 0.0619 e. The van der Waals surface area contributed by atoms with Crippen LogP contribution in [-0.4, -0.2) is 40.9 Å². The number of morpholine rings is 1. The van der Waals surface area contributed by atoms with Gasteiger partial charge in [0.2, 0.25) is 0 Å². The van der Waals surface area contributed by atoms with Crippen LogP contribution in [0.2, 0.25) is 0 Å². The van der Waals surface area contributed by atoms with Gasteiger partial charge in [-0.2, -0.15) is 5.10 Å². The third kappa shape index (κ3) is 2.08. The largest absolute Gasteiger partial charge is 0.379 e. The van der Waals surface area contributed by atoms with E-state index in [-0.39, 0.29) is 0 Å². The number of nitrogens with zero attached hydrogens (tertiary/aromatic N) is 2. The minimum atomic E-state index is 0.517. The number of hydrogen-bond acceptors (Lipinski definition) is 3. The first kappa shape index (κ1) is 8.72. The number of aromatic amines is 1. The molecular formula is C9H15N3O. The smallest absolute Gasteiger partial charge is 0.0619 e. The van der Waals surface area contributed by atoms with Crippen LogP contribution in [-0.2, 0) is 11.3 Å². The van der Waals surface area contributed by atoms with E-state index in [9.17, 15) is 0 Å². The molecule has 1 fully saturated rings. The summed E-state index contributed by atoms with van der Waals surface area (Å²) in [6.45, 7) is 5.88. The second-order valence-electron chi connectivity index (χ2n) is 3.50. The molecule has 1 saturated heterocycles. The molecule has 0 spiro atoms. The van der Waals surface area contributed by atoms with E-state index in [0.717, 1.165) is 26.3 Å². The van der Waals surface area contributed by atoms with Crippen molar-refractivity contribution in [2.45, 2.75) is 19.5 Å². The molecule has 0 aliphatic carbocycles. The van der Waals surface area contributed by atoms with Crippen LogP contribution < -0.4 is 0 Å². The van der Waals surface area contributed by atoms with Crippen molar-refractivity contribution in [1.29, 1.82) is 0 Å². The molecule has 1 aliphatic heterocycles. The molecule has 1 aliphatic rings. The highest BCUT2D eigenvalue weighted by Crippen LogP contribution is 2.10. The van der Waals surface area contributed by atoms with Crippen LogP contribution in [0.1, 0.15) is 12.5 Å². The lowest BCUT2D eigenvalue weighted by Gasteiger charge is -2.32. The maximum absolute atomic E-state index is 5.37. The molecule has 13 heavy (non-hydrogen) atoms. The van der Waals surface area contributed by atoms with Gasteiger partial charge in [0.25, 0.3) is 0 Å². The highest BCUT2D eigenvalue weighted by atomic mass is 16.5. The highest BCUT2D eigenvalue weighted by molar-refractivity contribution is 5.02. The van der Waals surface area contributed by atoms with Gasteiger partial charge < -0.3 is 4.74 Å². The average Bonchev–Trinajstić information content (AvgIpc) is 2.61. The highest BCUT2D eigenvalue weighted by Gasteiger charge is 2.18. The van der Waals surface area contributed by atoms with Gasteiger partial charge in [0.15, 0.2) is 0 Å². The average molecular weight is 181 g/mol. The fourth-order valence-corrected chi connectivity index (χ4v) is 1.59. The van der Waals surface area contributed by atoms with E-state index in [1.54, 1.807) is 0 Å². The normalized spacial score (nSPS) is 24.8. The van der Waals surface area contributed by atoms with Crippen molar-refractivity contribution in [2.75, 3.05) is 19.8 Å². The topological polar surface area (TPSA) is 41.1 Å². The zero-order valence-corrected chi connectivity index (χ0v) is 7.86. The number of ether oxygens (including phenoxy) is 1. The predicted octanol–water partition coefficient (Wildman–Crippen LogP) is 0.630. The lowest BCUT2D eigenvalue weighted by Crippen LogP contribution is -2.42. The first-order chi connectivity index (χ1) is 6.36. The summed E-state index contributed by atoms with van der Waals surface area (Å²) in [4.78, 5) is 2.41. The Hall–Kier alpha value is -0.870. The van der Waals surface area contributed by atoms with Gasteiger partial charge >= 0.3 is 0 Å². The number of aromatic nitrogens is 2. The summed E-state index contributed by atoms with van der Waals surface area (Å²) in [6.07, 6.45) is 3.82. The first-order valence-corrected chi connectivity index (χ1v) is 4.65. The standard InChI is InChI=1S/C9H15N3O/c1-8-7-13-3-2-12(8)6-9-4-10-11-5-9/h4-5,8H,2-3,6-7H2,1H3,(H,10,11)/t8-/m1/s1. The fourth-order valence-electron chi connectivity index (χ4n) is 1.59. The lowest BCUT2D eigenvalue weighted by molar-refractivity contribution is -0.00436. The van der Waals surface area contributed by atoms with Crippen LogP contribution in [0.5, 0.6) is 0 Å². The SMILES string of the molecule is C[C@@H]1COCCN1Cc1cn[nH]c1. The summed E-state index contributed by atoms with van der Waals surface area (Å²) in [5.41, 5.74) is 1.24. The second-order valence-corrected chi connectivity index (χ2v) is 3.50. The number of hydrogen-bond donors (Lipinski definition) is 1. The Labute approximate surface area is 77.9 Å². The van der Waals surface area contributed by atoms with E-state index in [1.807, 2.05) is 12.4 Å². The Morgan fingerprint density at radius 1 is 1.77 bits per heavy atom. The summed E-state index contributed by atoms with van der Waals surface area (Å²) in [5.74, 6) is 0. The molecule has 0 bridgehead atoms.